The van der Waals surface area contributed by atoms with Gasteiger partial charge in [-0.05, 0) is 6.07 Å². The van der Waals surface area contributed by atoms with Gasteiger partial charge in [-0.15, -0.1) is 0 Å². The lowest BCUT2D eigenvalue weighted by molar-refractivity contribution is -0.254. The van der Waals surface area contributed by atoms with Crippen molar-refractivity contribution in [2.45, 2.75) is 44.1 Å². The number of rotatable bonds is 5. The largest absolute Gasteiger partial charge is 0.426 e. The van der Waals surface area contributed by atoms with Crippen molar-refractivity contribution in [3.05, 3.63) is 29.8 Å². The van der Waals surface area contributed by atoms with E-state index < -0.39 is 43.2 Å². The van der Waals surface area contributed by atoms with Gasteiger partial charge in [0.25, 0.3) is 0 Å². The van der Waals surface area contributed by atoms with Gasteiger partial charge in [-0.1, -0.05) is 18.2 Å². The quantitative estimate of drug-likeness (QED) is 0.326. The standard InChI is InChI=1S/C15H21NO7/c1-8(18)22-10-5-3-2-4-9(10)6-16-12-14(20)13(19)11(7-17)23-15(12)21/h2-5,11-17,19-21H,6-7H2,1H3/t11-,12-,13+,14-,15?/m1/s1. The number of aliphatic hydroxyl groups excluding tert-OH is 4. The summed E-state index contributed by atoms with van der Waals surface area (Å²) in [4.78, 5) is 11.1. The summed E-state index contributed by atoms with van der Waals surface area (Å²) < 4.78 is 10.1. The topological polar surface area (TPSA) is 128 Å². The van der Waals surface area contributed by atoms with Crippen molar-refractivity contribution in [3.63, 3.8) is 0 Å². The minimum atomic E-state index is -1.40. The Morgan fingerprint density at radius 1 is 1.26 bits per heavy atom. The Hall–Kier alpha value is -1.55. The molecule has 0 radical (unpaired) electrons. The van der Waals surface area contributed by atoms with E-state index in [1.54, 1.807) is 24.3 Å². The molecule has 5 atom stereocenters. The first kappa shape index (κ1) is 17.8. The fraction of sp³-hybridized carbons (Fsp3) is 0.533. The molecule has 8 heteroatoms. The SMILES string of the molecule is CC(=O)Oc1ccccc1CN[C@H]1C(O)O[C@H](CO)[C@H](O)[C@@H]1O. The van der Waals surface area contributed by atoms with Crippen molar-refractivity contribution >= 4 is 5.97 Å². The second kappa shape index (κ2) is 7.82. The highest BCUT2D eigenvalue weighted by molar-refractivity contribution is 5.69. The van der Waals surface area contributed by atoms with Crippen LogP contribution in [0.2, 0.25) is 0 Å². The monoisotopic (exact) mass is 327 g/mol. The molecule has 1 fully saturated rings. The van der Waals surface area contributed by atoms with Crippen molar-refractivity contribution < 1.29 is 34.7 Å². The molecule has 1 saturated heterocycles. The second-order valence-corrected chi connectivity index (χ2v) is 5.34. The number of ether oxygens (including phenoxy) is 2. The maximum absolute atomic E-state index is 11.1. The van der Waals surface area contributed by atoms with E-state index in [9.17, 15) is 20.1 Å². The zero-order valence-corrected chi connectivity index (χ0v) is 12.6. The van der Waals surface area contributed by atoms with Crippen LogP contribution in [0.1, 0.15) is 12.5 Å². The number of para-hydroxylation sites is 1. The van der Waals surface area contributed by atoms with Gasteiger partial charge in [0.2, 0.25) is 0 Å². The molecule has 1 aliphatic heterocycles. The minimum absolute atomic E-state index is 0.169. The molecule has 0 saturated carbocycles. The predicted molar refractivity (Wildman–Crippen MR) is 78.4 cm³/mol. The van der Waals surface area contributed by atoms with Crippen LogP contribution in [0, 0.1) is 0 Å². The van der Waals surface area contributed by atoms with Crippen molar-refractivity contribution in [2.24, 2.45) is 0 Å². The molecular formula is C15H21NO7. The Bertz CT molecular complexity index is 538. The van der Waals surface area contributed by atoms with Crippen LogP contribution in [0.5, 0.6) is 5.75 Å². The molecule has 1 unspecified atom stereocenters. The lowest BCUT2D eigenvalue weighted by atomic mass is 9.97. The van der Waals surface area contributed by atoms with Crippen molar-refractivity contribution in [3.8, 4) is 5.75 Å². The molecule has 0 amide bonds. The third kappa shape index (κ3) is 4.25. The lowest BCUT2D eigenvalue weighted by Gasteiger charge is -2.40. The van der Waals surface area contributed by atoms with Crippen LogP contribution in [0.3, 0.4) is 0 Å². The number of hydrogen-bond acceptors (Lipinski definition) is 8. The van der Waals surface area contributed by atoms with Crippen molar-refractivity contribution in [1.82, 2.24) is 5.32 Å². The number of esters is 1. The van der Waals surface area contributed by atoms with E-state index in [0.717, 1.165) is 0 Å². The summed E-state index contributed by atoms with van der Waals surface area (Å²) in [5, 5.41) is 41.7. The summed E-state index contributed by atoms with van der Waals surface area (Å²) in [6.45, 7) is 0.942. The molecule has 1 aromatic rings. The highest BCUT2D eigenvalue weighted by Crippen LogP contribution is 2.22. The van der Waals surface area contributed by atoms with E-state index >= 15 is 0 Å². The molecule has 0 aliphatic carbocycles. The zero-order valence-electron chi connectivity index (χ0n) is 12.6. The summed E-state index contributed by atoms with van der Waals surface area (Å²) in [6, 6.07) is 5.86. The van der Waals surface area contributed by atoms with Crippen LogP contribution in [-0.4, -0.2) is 63.6 Å². The minimum Gasteiger partial charge on any atom is -0.426 e. The molecule has 2 rings (SSSR count). The molecule has 0 bridgehead atoms. The smallest absolute Gasteiger partial charge is 0.308 e. The molecule has 1 aromatic carbocycles. The molecule has 5 N–H and O–H groups in total. The Morgan fingerprint density at radius 2 is 1.96 bits per heavy atom. The van der Waals surface area contributed by atoms with Gasteiger partial charge in [0.05, 0.1) is 12.6 Å². The number of hydrogen-bond donors (Lipinski definition) is 5. The number of carbonyl (C=O) groups is 1. The van der Waals surface area contributed by atoms with E-state index in [0.29, 0.717) is 11.3 Å². The average Bonchev–Trinajstić information content (AvgIpc) is 2.51. The number of nitrogens with one attached hydrogen (secondary N) is 1. The van der Waals surface area contributed by atoms with E-state index in [2.05, 4.69) is 5.32 Å². The molecule has 23 heavy (non-hydrogen) atoms. The predicted octanol–water partition coefficient (Wildman–Crippen LogP) is -1.50. The number of aliphatic hydroxyl groups is 4. The Morgan fingerprint density at radius 3 is 2.61 bits per heavy atom. The van der Waals surface area contributed by atoms with Crippen LogP contribution in [-0.2, 0) is 16.1 Å². The van der Waals surface area contributed by atoms with Gasteiger partial charge in [-0.2, -0.15) is 0 Å². The highest BCUT2D eigenvalue weighted by atomic mass is 16.6. The fourth-order valence-electron chi connectivity index (χ4n) is 2.45. The molecular weight excluding hydrogens is 306 g/mol. The van der Waals surface area contributed by atoms with Crippen LogP contribution < -0.4 is 10.1 Å². The van der Waals surface area contributed by atoms with Crippen molar-refractivity contribution in [2.75, 3.05) is 6.61 Å². The third-order valence-electron chi connectivity index (χ3n) is 3.65. The second-order valence-electron chi connectivity index (χ2n) is 5.34. The first-order valence-corrected chi connectivity index (χ1v) is 7.24. The van der Waals surface area contributed by atoms with Gasteiger partial charge in [-0.25, -0.2) is 0 Å². The normalized spacial score (nSPS) is 30.9. The zero-order chi connectivity index (χ0) is 17.0. The fourth-order valence-corrected chi connectivity index (χ4v) is 2.45. The first-order chi connectivity index (χ1) is 10.9. The van der Waals surface area contributed by atoms with Crippen molar-refractivity contribution in [1.29, 1.82) is 0 Å². The molecule has 1 heterocycles. The molecule has 128 valence electrons. The van der Waals surface area contributed by atoms with E-state index in [4.69, 9.17) is 14.6 Å². The molecule has 1 aliphatic rings. The maximum Gasteiger partial charge on any atom is 0.308 e. The summed E-state index contributed by atoms with van der Waals surface area (Å²) in [5.41, 5.74) is 0.640. The van der Waals surface area contributed by atoms with Gasteiger partial charge < -0.3 is 35.2 Å². The van der Waals surface area contributed by atoms with Crippen LogP contribution in [0.15, 0.2) is 24.3 Å². The summed E-state index contributed by atoms with van der Waals surface area (Å²) in [5.74, 6) is -0.0956. The summed E-state index contributed by atoms with van der Waals surface area (Å²) in [7, 11) is 0. The van der Waals surface area contributed by atoms with Gasteiger partial charge in [0, 0.05) is 19.0 Å². The Balaban J connectivity index is 2.04. The molecule has 8 nitrogen and oxygen atoms in total. The number of benzene rings is 1. The van der Waals surface area contributed by atoms with Crippen LogP contribution >= 0.6 is 0 Å². The van der Waals surface area contributed by atoms with Gasteiger partial charge >= 0.3 is 5.97 Å². The molecule has 0 spiro atoms. The first-order valence-electron chi connectivity index (χ1n) is 7.24. The van der Waals surface area contributed by atoms with E-state index in [1.807, 2.05) is 0 Å². The highest BCUT2D eigenvalue weighted by Gasteiger charge is 2.43. The lowest BCUT2D eigenvalue weighted by Crippen LogP contribution is -2.63. The Labute approximate surface area is 133 Å². The average molecular weight is 327 g/mol. The van der Waals surface area contributed by atoms with Gasteiger partial charge in [0.1, 0.15) is 24.1 Å². The third-order valence-corrected chi connectivity index (χ3v) is 3.65. The van der Waals surface area contributed by atoms with Crippen LogP contribution in [0.25, 0.3) is 0 Å². The van der Waals surface area contributed by atoms with Gasteiger partial charge in [-0.3, -0.25) is 4.79 Å². The summed E-state index contributed by atoms with van der Waals surface area (Å²) >= 11 is 0. The van der Waals surface area contributed by atoms with E-state index in [-0.39, 0.29) is 6.54 Å². The Kier molecular flexibility index (Phi) is 6.05. The summed E-state index contributed by atoms with van der Waals surface area (Å²) in [6.07, 6.45) is -5.10. The molecule has 0 aromatic heterocycles. The van der Waals surface area contributed by atoms with Gasteiger partial charge in [0.15, 0.2) is 6.29 Å². The number of carbonyl (C=O) groups excluding carboxylic acids is 1. The maximum atomic E-state index is 11.1. The van der Waals surface area contributed by atoms with E-state index in [1.165, 1.54) is 6.92 Å². The van der Waals surface area contributed by atoms with Crippen LogP contribution in [0.4, 0.5) is 0 Å².